The Morgan fingerprint density at radius 2 is 2.00 bits per heavy atom. The van der Waals surface area contributed by atoms with Gasteiger partial charge in [-0.25, -0.2) is 0 Å². The Kier molecular flexibility index (Phi) is 4.43. The molecule has 0 aliphatic heterocycles. The second-order valence-electron chi connectivity index (χ2n) is 4.82. The monoisotopic (exact) mass is 232 g/mol. The summed E-state index contributed by atoms with van der Waals surface area (Å²) in [6, 6.07) is 9.62. The van der Waals surface area contributed by atoms with Crippen molar-refractivity contribution in [3.8, 4) is 0 Å². The van der Waals surface area contributed by atoms with Crippen LogP contribution in [0.4, 0.5) is 5.69 Å². The van der Waals surface area contributed by atoms with Crippen molar-refractivity contribution in [1.29, 1.82) is 0 Å². The summed E-state index contributed by atoms with van der Waals surface area (Å²) in [5.41, 5.74) is 2.87. The van der Waals surface area contributed by atoms with Gasteiger partial charge < -0.3 is 10.2 Å². The van der Waals surface area contributed by atoms with Gasteiger partial charge in [-0.05, 0) is 44.4 Å². The largest absolute Gasteiger partial charge is 0.369 e. The summed E-state index contributed by atoms with van der Waals surface area (Å²) in [7, 11) is 0. The number of nitrogens with zero attached hydrogens (tertiary/aromatic N) is 1. The van der Waals surface area contributed by atoms with Crippen molar-refractivity contribution in [3.63, 3.8) is 0 Å². The number of hydrogen-bond donors (Lipinski definition) is 1. The number of nitrogens with one attached hydrogen (secondary N) is 1. The molecule has 0 atom stereocenters. The van der Waals surface area contributed by atoms with E-state index in [4.69, 9.17) is 0 Å². The molecular weight excluding hydrogens is 208 g/mol. The summed E-state index contributed by atoms with van der Waals surface area (Å²) in [6.45, 7) is 7.68. The topological polar surface area (TPSA) is 15.3 Å². The summed E-state index contributed by atoms with van der Waals surface area (Å²) in [6.07, 6.45) is 3.93. The van der Waals surface area contributed by atoms with E-state index in [0.29, 0.717) is 0 Å². The fourth-order valence-corrected chi connectivity index (χ4v) is 2.35. The minimum atomic E-state index is 0.798. The second kappa shape index (κ2) is 6.06. The van der Waals surface area contributed by atoms with Gasteiger partial charge in [0.05, 0.1) is 0 Å². The summed E-state index contributed by atoms with van der Waals surface area (Å²) in [5.74, 6) is 0. The molecule has 0 saturated heterocycles. The van der Waals surface area contributed by atoms with Crippen LogP contribution in [-0.4, -0.2) is 19.1 Å². The molecule has 17 heavy (non-hydrogen) atoms. The number of rotatable bonds is 7. The fraction of sp³-hybridized carbons (Fsp3) is 0.600. The molecule has 1 aromatic carbocycles. The highest BCUT2D eigenvalue weighted by Crippen LogP contribution is 2.33. The van der Waals surface area contributed by atoms with Crippen molar-refractivity contribution in [2.45, 2.75) is 45.7 Å². The lowest BCUT2D eigenvalue weighted by Gasteiger charge is -2.25. The lowest BCUT2D eigenvalue weighted by atomic mass is 10.1. The van der Waals surface area contributed by atoms with Crippen LogP contribution < -0.4 is 10.2 Å². The van der Waals surface area contributed by atoms with Gasteiger partial charge in [0.15, 0.2) is 0 Å². The van der Waals surface area contributed by atoms with Gasteiger partial charge in [0.1, 0.15) is 0 Å². The van der Waals surface area contributed by atoms with E-state index in [1.165, 1.54) is 30.5 Å². The molecule has 1 fully saturated rings. The molecule has 1 aliphatic rings. The van der Waals surface area contributed by atoms with E-state index in [9.17, 15) is 0 Å². The molecule has 1 aromatic rings. The maximum absolute atomic E-state index is 3.50. The van der Waals surface area contributed by atoms with E-state index in [1.807, 2.05) is 0 Å². The molecule has 2 rings (SSSR count). The molecule has 2 heteroatoms. The first-order valence-corrected chi connectivity index (χ1v) is 6.92. The molecule has 1 N–H and O–H groups in total. The van der Waals surface area contributed by atoms with Crippen LogP contribution in [0.15, 0.2) is 24.3 Å². The number of hydrogen-bond acceptors (Lipinski definition) is 2. The minimum Gasteiger partial charge on any atom is -0.369 e. The normalized spacial score (nSPS) is 14.9. The Hall–Kier alpha value is -1.02. The van der Waals surface area contributed by atoms with Crippen molar-refractivity contribution in [2.75, 3.05) is 18.0 Å². The van der Waals surface area contributed by atoms with Gasteiger partial charge in [-0.3, -0.25) is 0 Å². The third-order valence-electron chi connectivity index (χ3n) is 3.37. The fourth-order valence-electron chi connectivity index (χ4n) is 2.35. The molecule has 0 bridgehead atoms. The third kappa shape index (κ3) is 3.22. The Balaban J connectivity index is 2.08. The van der Waals surface area contributed by atoms with Crippen LogP contribution in [0.3, 0.4) is 0 Å². The minimum absolute atomic E-state index is 0.798. The molecule has 0 radical (unpaired) electrons. The van der Waals surface area contributed by atoms with Crippen LogP contribution in [0.2, 0.25) is 0 Å². The molecule has 0 aromatic heterocycles. The predicted molar refractivity (Wildman–Crippen MR) is 74.5 cm³/mol. The summed E-state index contributed by atoms with van der Waals surface area (Å²) in [5, 5.41) is 3.50. The summed E-state index contributed by atoms with van der Waals surface area (Å²) in [4.78, 5) is 2.56. The van der Waals surface area contributed by atoms with Crippen molar-refractivity contribution in [1.82, 2.24) is 5.32 Å². The molecule has 0 spiro atoms. The Morgan fingerprint density at radius 1 is 1.24 bits per heavy atom. The van der Waals surface area contributed by atoms with Gasteiger partial charge in [-0.15, -0.1) is 0 Å². The molecule has 0 amide bonds. The first kappa shape index (κ1) is 12.4. The average Bonchev–Trinajstić information content (AvgIpc) is 3.17. The molecular formula is C15H24N2. The SMILES string of the molecule is CCCNCc1ccccc1N(CC)C1CC1. The number of para-hydroxylation sites is 1. The highest BCUT2D eigenvalue weighted by Gasteiger charge is 2.28. The second-order valence-corrected chi connectivity index (χ2v) is 4.82. The molecule has 1 aliphatic carbocycles. The first-order valence-electron chi connectivity index (χ1n) is 6.92. The van der Waals surface area contributed by atoms with Crippen molar-refractivity contribution in [3.05, 3.63) is 29.8 Å². The van der Waals surface area contributed by atoms with Crippen molar-refractivity contribution >= 4 is 5.69 Å². The highest BCUT2D eigenvalue weighted by molar-refractivity contribution is 5.55. The number of anilines is 1. The zero-order valence-corrected chi connectivity index (χ0v) is 11.1. The van der Waals surface area contributed by atoms with Gasteiger partial charge in [0.2, 0.25) is 0 Å². The van der Waals surface area contributed by atoms with E-state index in [-0.39, 0.29) is 0 Å². The van der Waals surface area contributed by atoms with E-state index in [0.717, 1.165) is 25.7 Å². The first-order chi connectivity index (χ1) is 8.36. The van der Waals surface area contributed by atoms with Gasteiger partial charge in [0, 0.05) is 24.8 Å². The summed E-state index contributed by atoms with van der Waals surface area (Å²) < 4.78 is 0. The van der Waals surface area contributed by atoms with Crippen LogP contribution in [0.1, 0.15) is 38.7 Å². The molecule has 0 heterocycles. The highest BCUT2D eigenvalue weighted by atomic mass is 15.2. The predicted octanol–water partition coefficient (Wildman–Crippen LogP) is 3.17. The van der Waals surface area contributed by atoms with Gasteiger partial charge in [-0.1, -0.05) is 25.1 Å². The number of benzene rings is 1. The third-order valence-corrected chi connectivity index (χ3v) is 3.37. The summed E-state index contributed by atoms with van der Waals surface area (Å²) >= 11 is 0. The van der Waals surface area contributed by atoms with Crippen LogP contribution in [0.5, 0.6) is 0 Å². The quantitative estimate of drug-likeness (QED) is 0.726. The lowest BCUT2D eigenvalue weighted by molar-refractivity contribution is 0.672. The van der Waals surface area contributed by atoms with Crippen LogP contribution in [0, 0.1) is 0 Å². The Labute approximate surface area is 105 Å². The smallest absolute Gasteiger partial charge is 0.0414 e. The van der Waals surface area contributed by atoms with Crippen LogP contribution in [-0.2, 0) is 6.54 Å². The van der Waals surface area contributed by atoms with E-state index in [2.05, 4.69) is 48.3 Å². The molecule has 2 nitrogen and oxygen atoms in total. The lowest BCUT2D eigenvalue weighted by Crippen LogP contribution is -2.27. The van der Waals surface area contributed by atoms with Crippen LogP contribution >= 0.6 is 0 Å². The maximum Gasteiger partial charge on any atom is 0.0414 e. The standard InChI is InChI=1S/C15H24N2/c1-3-11-16-12-13-7-5-6-8-15(13)17(4-2)14-9-10-14/h5-8,14,16H,3-4,9-12H2,1-2H3. The molecule has 1 saturated carbocycles. The van der Waals surface area contributed by atoms with Gasteiger partial charge in [-0.2, -0.15) is 0 Å². The van der Waals surface area contributed by atoms with Gasteiger partial charge >= 0.3 is 0 Å². The average molecular weight is 232 g/mol. The van der Waals surface area contributed by atoms with Crippen molar-refractivity contribution < 1.29 is 0 Å². The molecule has 94 valence electrons. The maximum atomic E-state index is 3.50. The van der Waals surface area contributed by atoms with E-state index >= 15 is 0 Å². The van der Waals surface area contributed by atoms with E-state index < -0.39 is 0 Å². The zero-order valence-electron chi connectivity index (χ0n) is 11.1. The zero-order chi connectivity index (χ0) is 12.1. The van der Waals surface area contributed by atoms with Crippen LogP contribution in [0.25, 0.3) is 0 Å². The molecule has 0 unspecified atom stereocenters. The van der Waals surface area contributed by atoms with Gasteiger partial charge in [0.25, 0.3) is 0 Å². The van der Waals surface area contributed by atoms with Crippen molar-refractivity contribution in [2.24, 2.45) is 0 Å². The Bertz CT molecular complexity index is 345. The Morgan fingerprint density at radius 3 is 2.65 bits per heavy atom. The van der Waals surface area contributed by atoms with E-state index in [1.54, 1.807) is 0 Å².